The van der Waals surface area contributed by atoms with Crippen molar-refractivity contribution in [2.45, 2.75) is 6.36 Å². The number of halogens is 3. The number of rotatable bonds is 1. The standard InChI is InChI=1S/C7H3F3N2O3/c8-7(9,10)15-6-3(2-11)1-4(13)5(14)12-6/h1,13H,(H,12,14). The van der Waals surface area contributed by atoms with Crippen LogP contribution in [0.4, 0.5) is 13.2 Å². The second-order valence-electron chi connectivity index (χ2n) is 2.39. The van der Waals surface area contributed by atoms with Crippen LogP contribution in [0.3, 0.4) is 0 Å². The van der Waals surface area contributed by atoms with Crippen molar-refractivity contribution in [3.8, 4) is 17.7 Å². The molecule has 8 heteroatoms. The molecule has 0 atom stereocenters. The molecule has 1 aromatic heterocycles. The molecule has 15 heavy (non-hydrogen) atoms. The van der Waals surface area contributed by atoms with Gasteiger partial charge < -0.3 is 9.84 Å². The molecule has 0 unspecified atom stereocenters. The Morgan fingerprint density at radius 3 is 2.60 bits per heavy atom. The fraction of sp³-hybridized carbons (Fsp3) is 0.143. The SMILES string of the molecule is N#Cc1cc(O)c(=O)[nH]c1OC(F)(F)F. The first-order valence-corrected chi connectivity index (χ1v) is 3.45. The molecule has 5 nitrogen and oxygen atoms in total. The summed E-state index contributed by atoms with van der Waals surface area (Å²) in [5.74, 6) is -1.91. The van der Waals surface area contributed by atoms with Gasteiger partial charge in [-0.15, -0.1) is 13.2 Å². The number of nitrogens with zero attached hydrogens (tertiary/aromatic N) is 1. The highest BCUT2D eigenvalue weighted by molar-refractivity contribution is 5.41. The van der Waals surface area contributed by atoms with Crippen LogP contribution in [-0.2, 0) is 0 Å². The van der Waals surface area contributed by atoms with Gasteiger partial charge in [-0.1, -0.05) is 0 Å². The van der Waals surface area contributed by atoms with Crippen LogP contribution in [0.5, 0.6) is 11.6 Å². The maximum Gasteiger partial charge on any atom is 0.574 e. The number of pyridine rings is 1. The summed E-state index contributed by atoms with van der Waals surface area (Å²) in [5.41, 5.74) is -1.79. The summed E-state index contributed by atoms with van der Waals surface area (Å²) in [6, 6.07) is 1.91. The molecule has 0 saturated heterocycles. The van der Waals surface area contributed by atoms with E-state index in [0.29, 0.717) is 6.07 Å². The molecule has 0 spiro atoms. The molecule has 1 aromatic rings. The molecule has 0 fully saturated rings. The Hall–Kier alpha value is -2.17. The number of ether oxygens (including phenoxy) is 1. The van der Waals surface area contributed by atoms with Crippen LogP contribution in [0.15, 0.2) is 10.9 Å². The van der Waals surface area contributed by atoms with Crippen LogP contribution >= 0.6 is 0 Å². The monoisotopic (exact) mass is 220 g/mol. The summed E-state index contributed by atoms with van der Waals surface area (Å²) >= 11 is 0. The average molecular weight is 220 g/mol. The maximum atomic E-state index is 11.8. The van der Waals surface area contributed by atoms with Crippen LogP contribution in [0.1, 0.15) is 5.56 Å². The number of aromatic hydroxyl groups is 1. The van der Waals surface area contributed by atoms with Gasteiger partial charge in [0.15, 0.2) is 5.75 Å². The first kappa shape index (κ1) is 10.9. The topological polar surface area (TPSA) is 86.1 Å². The molecule has 0 amide bonds. The highest BCUT2D eigenvalue weighted by atomic mass is 19.4. The van der Waals surface area contributed by atoms with E-state index in [4.69, 9.17) is 10.4 Å². The average Bonchev–Trinajstić information content (AvgIpc) is 2.08. The van der Waals surface area contributed by atoms with Crippen LogP contribution in [-0.4, -0.2) is 16.5 Å². The van der Waals surface area contributed by atoms with Crippen molar-refractivity contribution >= 4 is 0 Å². The van der Waals surface area contributed by atoms with E-state index in [1.807, 2.05) is 0 Å². The lowest BCUT2D eigenvalue weighted by Crippen LogP contribution is -2.21. The molecule has 0 radical (unpaired) electrons. The van der Waals surface area contributed by atoms with Gasteiger partial charge in [-0.3, -0.25) is 9.78 Å². The Bertz CT molecular complexity index is 472. The van der Waals surface area contributed by atoms with E-state index < -0.39 is 29.1 Å². The molecule has 1 rings (SSSR count). The summed E-state index contributed by atoms with van der Waals surface area (Å²) in [7, 11) is 0. The summed E-state index contributed by atoms with van der Waals surface area (Å²) in [6.07, 6.45) is -5.02. The minimum absolute atomic E-state index is 0.583. The summed E-state index contributed by atoms with van der Waals surface area (Å²) < 4.78 is 38.7. The van der Waals surface area contributed by atoms with E-state index in [9.17, 15) is 18.0 Å². The van der Waals surface area contributed by atoms with Crippen LogP contribution in [0.2, 0.25) is 0 Å². The Balaban J connectivity index is 3.24. The van der Waals surface area contributed by atoms with E-state index >= 15 is 0 Å². The van der Waals surface area contributed by atoms with Crippen molar-refractivity contribution in [2.24, 2.45) is 0 Å². The molecule has 0 aliphatic carbocycles. The first-order chi connectivity index (χ1) is 6.83. The Morgan fingerprint density at radius 1 is 1.53 bits per heavy atom. The third-order valence-electron chi connectivity index (χ3n) is 1.32. The van der Waals surface area contributed by atoms with Gasteiger partial charge in [0.1, 0.15) is 11.6 Å². The molecule has 0 saturated carbocycles. The molecular weight excluding hydrogens is 217 g/mol. The molecule has 0 aliphatic rings. The lowest BCUT2D eigenvalue weighted by molar-refractivity contribution is -0.276. The maximum absolute atomic E-state index is 11.8. The minimum Gasteiger partial charge on any atom is -0.503 e. The predicted molar refractivity (Wildman–Crippen MR) is 40.1 cm³/mol. The van der Waals surface area contributed by atoms with E-state index in [-0.39, 0.29) is 0 Å². The lowest BCUT2D eigenvalue weighted by atomic mass is 10.3. The zero-order valence-electron chi connectivity index (χ0n) is 6.92. The zero-order valence-corrected chi connectivity index (χ0v) is 6.92. The number of alkyl halides is 3. The molecule has 0 bridgehead atoms. The van der Waals surface area contributed by atoms with Crippen LogP contribution in [0, 0.1) is 11.3 Å². The van der Waals surface area contributed by atoms with Gasteiger partial charge in [0.05, 0.1) is 0 Å². The van der Waals surface area contributed by atoms with Crippen LogP contribution < -0.4 is 10.3 Å². The normalized spacial score (nSPS) is 10.8. The van der Waals surface area contributed by atoms with Crippen molar-refractivity contribution in [3.63, 3.8) is 0 Å². The van der Waals surface area contributed by atoms with Gasteiger partial charge in [-0.2, -0.15) is 5.26 Å². The third kappa shape index (κ3) is 2.63. The Labute approximate surface area is 80.3 Å². The van der Waals surface area contributed by atoms with Gasteiger partial charge in [-0.25, -0.2) is 0 Å². The molecule has 2 N–H and O–H groups in total. The number of nitrogens with one attached hydrogen (secondary N) is 1. The molecule has 0 aromatic carbocycles. The van der Waals surface area contributed by atoms with Crippen molar-refractivity contribution in [2.75, 3.05) is 0 Å². The lowest BCUT2D eigenvalue weighted by Gasteiger charge is -2.09. The van der Waals surface area contributed by atoms with E-state index in [1.165, 1.54) is 6.07 Å². The number of hydrogen-bond acceptors (Lipinski definition) is 4. The predicted octanol–water partition coefficient (Wildman–Crippen LogP) is 0.851. The second kappa shape index (κ2) is 3.53. The van der Waals surface area contributed by atoms with Gasteiger partial charge in [0.25, 0.3) is 5.56 Å². The number of aromatic amines is 1. The summed E-state index contributed by atoms with van der Waals surface area (Å²) in [4.78, 5) is 12.3. The van der Waals surface area contributed by atoms with Crippen molar-refractivity contribution in [1.29, 1.82) is 5.26 Å². The summed E-state index contributed by atoms with van der Waals surface area (Å²) in [6.45, 7) is 0. The first-order valence-electron chi connectivity index (χ1n) is 3.45. The van der Waals surface area contributed by atoms with Gasteiger partial charge in [0, 0.05) is 6.07 Å². The number of H-pyrrole nitrogens is 1. The minimum atomic E-state index is -5.02. The van der Waals surface area contributed by atoms with Gasteiger partial charge in [-0.05, 0) is 0 Å². The fourth-order valence-electron chi connectivity index (χ4n) is 0.782. The van der Waals surface area contributed by atoms with E-state index in [0.717, 1.165) is 0 Å². The zero-order chi connectivity index (χ0) is 11.6. The van der Waals surface area contributed by atoms with Crippen LogP contribution in [0.25, 0.3) is 0 Å². The number of nitriles is 1. The quantitative estimate of drug-likeness (QED) is 0.734. The second-order valence-corrected chi connectivity index (χ2v) is 2.39. The van der Waals surface area contributed by atoms with Crippen molar-refractivity contribution < 1.29 is 23.0 Å². The highest BCUT2D eigenvalue weighted by Crippen LogP contribution is 2.23. The molecule has 80 valence electrons. The molecular formula is C7H3F3N2O3. The highest BCUT2D eigenvalue weighted by Gasteiger charge is 2.33. The number of aromatic nitrogens is 1. The Morgan fingerprint density at radius 2 is 2.13 bits per heavy atom. The molecule has 0 aliphatic heterocycles. The van der Waals surface area contributed by atoms with Gasteiger partial charge in [0.2, 0.25) is 5.88 Å². The number of hydrogen-bond donors (Lipinski definition) is 2. The fourth-order valence-corrected chi connectivity index (χ4v) is 0.782. The largest absolute Gasteiger partial charge is 0.574 e. The summed E-state index contributed by atoms with van der Waals surface area (Å²) in [5, 5.41) is 17.2. The van der Waals surface area contributed by atoms with Gasteiger partial charge >= 0.3 is 6.36 Å². The van der Waals surface area contributed by atoms with E-state index in [1.54, 1.807) is 4.98 Å². The van der Waals surface area contributed by atoms with E-state index in [2.05, 4.69) is 4.74 Å². The van der Waals surface area contributed by atoms with Crippen molar-refractivity contribution in [1.82, 2.24) is 4.98 Å². The molecule has 1 heterocycles. The third-order valence-corrected chi connectivity index (χ3v) is 1.32. The van der Waals surface area contributed by atoms with Crippen molar-refractivity contribution in [3.05, 3.63) is 22.0 Å². The Kier molecular flexibility index (Phi) is 2.57. The smallest absolute Gasteiger partial charge is 0.503 e.